The molecule has 6 aromatic carbocycles. The van der Waals surface area contributed by atoms with Crippen molar-refractivity contribution in [2.24, 2.45) is 9.98 Å². The van der Waals surface area contributed by atoms with Crippen molar-refractivity contribution < 1.29 is 9.53 Å². The van der Waals surface area contributed by atoms with E-state index in [-0.39, 0.29) is 19.1 Å². The first kappa shape index (κ1) is 41.1. The molecule has 3 aliphatic heterocycles. The molecule has 1 N–H and O–H groups in total. The van der Waals surface area contributed by atoms with Crippen molar-refractivity contribution >= 4 is 39.7 Å². The van der Waals surface area contributed by atoms with Crippen LogP contribution in [0.15, 0.2) is 240 Å². The van der Waals surface area contributed by atoms with Gasteiger partial charge in [-0.3, -0.25) is 4.79 Å². The van der Waals surface area contributed by atoms with E-state index in [2.05, 4.69) is 180 Å². The number of fused-ring (bicyclic) bond motifs is 6. The summed E-state index contributed by atoms with van der Waals surface area (Å²) >= 11 is 0. The number of carbonyl (C=O) groups is 1. The summed E-state index contributed by atoms with van der Waals surface area (Å²) in [4.78, 5) is 29.4. The normalized spacial score (nSPS) is 14.2. The number of esters is 1. The summed E-state index contributed by atoms with van der Waals surface area (Å²) in [6.45, 7) is 2.25. The molecule has 0 spiro atoms. The van der Waals surface area contributed by atoms with Gasteiger partial charge in [-0.15, -0.1) is 0 Å². The molecule has 6 nitrogen and oxygen atoms in total. The molecule has 0 saturated heterocycles. The highest BCUT2D eigenvalue weighted by atomic mass is 16.5. The molecule has 8 bridgehead atoms. The Morgan fingerprint density at radius 2 is 0.970 bits per heavy atom. The molecular weight excluding hydrogens is 821 g/mol. The van der Waals surface area contributed by atoms with Gasteiger partial charge >= 0.3 is 5.97 Å². The van der Waals surface area contributed by atoms with Gasteiger partial charge in [0, 0.05) is 51.2 Å². The molecule has 0 atom stereocenters. The van der Waals surface area contributed by atoms with E-state index in [4.69, 9.17) is 14.7 Å². The lowest BCUT2D eigenvalue weighted by Gasteiger charge is -2.18. The van der Waals surface area contributed by atoms with Gasteiger partial charge in [0.25, 0.3) is 0 Å². The topological polar surface area (TPSA) is 71.7 Å². The average Bonchev–Trinajstić information content (AvgIpc) is 4.21. The van der Waals surface area contributed by atoms with Crippen molar-refractivity contribution in [1.82, 2.24) is 9.55 Å². The van der Waals surface area contributed by atoms with Gasteiger partial charge in [-0.25, -0.2) is 9.98 Å². The van der Waals surface area contributed by atoms with Crippen LogP contribution in [0.2, 0.25) is 0 Å². The van der Waals surface area contributed by atoms with Gasteiger partial charge < -0.3 is 14.3 Å². The molecule has 0 amide bonds. The van der Waals surface area contributed by atoms with Crippen LogP contribution in [-0.2, 0) is 29.1 Å². The quantitative estimate of drug-likeness (QED) is 0.139. The molecular formula is C61H46N4O2. The third-order valence-corrected chi connectivity index (χ3v) is 12.5. The number of H-pyrrole nitrogens is 1. The molecule has 6 heteroatoms. The average molecular weight is 867 g/mol. The monoisotopic (exact) mass is 866 g/mol. The van der Waals surface area contributed by atoms with Crippen molar-refractivity contribution in [2.75, 3.05) is 0 Å². The Kier molecular flexibility index (Phi) is 11.1. The zero-order valence-electron chi connectivity index (χ0n) is 37.1. The van der Waals surface area contributed by atoms with Gasteiger partial charge in [-0.2, -0.15) is 0 Å². The number of aromatic amines is 1. The molecule has 0 unspecified atom stereocenters. The van der Waals surface area contributed by atoms with Crippen molar-refractivity contribution in [2.45, 2.75) is 26.5 Å². The smallest absolute Gasteiger partial charge is 0.326 e. The van der Waals surface area contributed by atoms with Crippen LogP contribution in [-0.4, -0.2) is 26.9 Å². The van der Waals surface area contributed by atoms with Crippen LogP contribution in [0.3, 0.4) is 0 Å². The number of aliphatic imine (C=N–C) groups is 2. The number of rotatable bonds is 10. The van der Waals surface area contributed by atoms with E-state index in [0.29, 0.717) is 6.42 Å². The number of carbonyl (C=O) groups excluding carboxylic acids is 1. The predicted octanol–water partition coefficient (Wildman–Crippen LogP) is 11.1. The van der Waals surface area contributed by atoms with Gasteiger partial charge in [-0.05, 0) is 82.3 Å². The first-order chi connectivity index (χ1) is 33.0. The Labute approximate surface area is 390 Å². The number of hydrogen-bond acceptors (Lipinski definition) is 4. The standard InChI is InChI=1S/C61H46N4O2/c1-41-27-29-42(30-28-41)37-48-49-38-65(39-56(66)67-40-43-17-7-2-8-18-43)61(48)60(47-25-15-6-16-26-47)55-36-35-54(64-55)59(46-23-13-5-14-24-46)53-34-33-52(63-53)58(45-21-11-4-12-22-45)51-32-31-50(62-51)57(49)44-19-9-3-10-20-44/h2-36,38,63H,37,39-40H2,1H3. The van der Waals surface area contributed by atoms with Gasteiger partial charge in [0.15, 0.2) is 0 Å². The highest BCUT2D eigenvalue weighted by Gasteiger charge is 2.30. The van der Waals surface area contributed by atoms with E-state index in [1.165, 1.54) is 5.56 Å². The second-order valence-electron chi connectivity index (χ2n) is 17.0. The Morgan fingerprint density at radius 1 is 0.507 bits per heavy atom. The van der Waals surface area contributed by atoms with Gasteiger partial charge in [0.1, 0.15) is 13.2 Å². The summed E-state index contributed by atoms with van der Waals surface area (Å²) in [6, 6.07) is 64.7. The minimum absolute atomic E-state index is 0.0347. The van der Waals surface area contributed by atoms with Crippen molar-refractivity contribution in [3.8, 4) is 0 Å². The molecule has 2 aromatic heterocycles. The van der Waals surface area contributed by atoms with Gasteiger partial charge in [0.2, 0.25) is 0 Å². The number of aromatic nitrogens is 2. The number of allylic oxidation sites excluding steroid dienone is 4. The maximum absolute atomic E-state index is 14.3. The lowest BCUT2D eigenvalue weighted by atomic mass is 9.88. The van der Waals surface area contributed by atoms with E-state index in [9.17, 15) is 4.79 Å². The lowest BCUT2D eigenvalue weighted by Crippen LogP contribution is -2.21. The Hall–Kier alpha value is -8.61. The zero-order chi connectivity index (χ0) is 45.1. The highest BCUT2D eigenvalue weighted by Crippen LogP contribution is 2.42. The largest absolute Gasteiger partial charge is 0.459 e. The van der Waals surface area contributed by atoms with Crippen molar-refractivity contribution in [3.63, 3.8) is 0 Å². The van der Waals surface area contributed by atoms with E-state index in [1.807, 2.05) is 54.6 Å². The number of aryl methyl sites for hydroxylation is 1. The number of nitrogens with one attached hydrogen (secondary N) is 1. The van der Waals surface area contributed by atoms with Crippen LogP contribution in [0.1, 0.15) is 55.8 Å². The van der Waals surface area contributed by atoms with Crippen LogP contribution >= 0.6 is 0 Å². The fourth-order valence-corrected chi connectivity index (χ4v) is 9.36. The van der Waals surface area contributed by atoms with Crippen LogP contribution in [0.5, 0.6) is 0 Å². The molecule has 0 fully saturated rings. The Morgan fingerprint density at radius 3 is 1.49 bits per heavy atom. The molecule has 0 radical (unpaired) electrons. The minimum Gasteiger partial charge on any atom is -0.459 e. The second kappa shape index (κ2) is 18.1. The fourth-order valence-electron chi connectivity index (χ4n) is 9.36. The molecule has 3 aliphatic rings. The Balaban J connectivity index is 1.27. The van der Waals surface area contributed by atoms with Crippen molar-refractivity contribution in [3.05, 3.63) is 296 Å². The molecule has 0 aliphatic carbocycles. The maximum Gasteiger partial charge on any atom is 0.326 e. The molecule has 0 saturated carbocycles. The van der Waals surface area contributed by atoms with Crippen LogP contribution in [0, 0.1) is 6.92 Å². The third-order valence-electron chi connectivity index (χ3n) is 12.5. The van der Waals surface area contributed by atoms with E-state index >= 15 is 0 Å². The summed E-state index contributed by atoms with van der Waals surface area (Å²) in [5.41, 5.74) is 17.3. The lowest BCUT2D eigenvalue weighted by molar-refractivity contribution is -0.145. The molecule has 67 heavy (non-hydrogen) atoms. The summed E-state index contributed by atoms with van der Waals surface area (Å²) in [6.07, 6.45) is 11.2. The molecule has 11 rings (SSSR count). The summed E-state index contributed by atoms with van der Waals surface area (Å²) in [5, 5.41) is 1.88. The van der Waals surface area contributed by atoms with E-state index < -0.39 is 0 Å². The van der Waals surface area contributed by atoms with E-state index in [1.54, 1.807) is 0 Å². The zero-order valence-corrected chi connectivity index (χ0v) is 37.1. The van der Waals surface area contributed by atoms with Crippen LogP contribution in [0.25, 0.3) is 22.3 Å². The SMILES string of the molecule is Cc1ccc(Cc2c3cn(CC(=O)OCc4ccccc4)c2C(c2ccccc2)=C2C=CC(=N2)C(c2ccccc2)=c2ccc([nH]2)=C(c2ccccc2)C2=NC(=C3c3ccccc3)C=C2)cc1. The maximum atomic E-state index is 14.3. The summed E-state index contributed by atoms with van der Waals surface area (Å²) in [5.74, 6) is -0.345. The summed E-state index contributed by atoms with van der Waals surface area (Å²) in [7, 11) is 0. The number of nitrogens with zero attached hydrogens (tertiary/aromatic N) is 3. The Bertz CT molecular complexity index is 3480. The second-order valence-corrected chi connectivity index (χ2v) is 17.0. The first-order valence-corrected chi connectivity index (χ1v) is 22.7. The first-order valence-electron chi connectivity index (χ1n) is 22.7. The number of ether oxygens (including phenoxy) is 1. The third kappa shape index (κ3) is 8.33. The van der Waals surface area contributed by atoms with E-state index in [0.717, 1.165) is 106 Å². The molecule has 8 aromatic rings. The van der Waals surface area contributed by atoms with Crippen LogP contribution in [0.4, 0.5) is 0 Å². The summed E-state index contributed by atoms with van der Waals surface area (Å²) < 4.78 is 8.16. The van der Waals surface area contributed by atoms with Crippen molar-refractivity contribution in [1.29, 1.82) is 0 Å². The molecule has 5 heterocycles. The van der Waals surface area contributed by atoms with Gasteiger partial charge in [-0.1, -0.05) is 181 Å². The number of benzene rings is 6. The van der Waals surface area contributed by atoms with Gasteiger partial charge in [0.05, 0.1) is 28.5 Å². The predicted molar refractivity (Wildman–Crippen MR) is 271 cm³/mol. The molecule has 322 valence electrons. The minimum atomic E-state index is -0.345. The number of hydrogen-bond donors (Lipinski definition) is 1. The highest BCUT2D eigenvalue weighted by molar-refractivity contribution is 6.31. The van der Waals surface area contributed by atoms with Crippen LogP contribution < -0.4 is 10.7 Å². The fraction of sp³-hybridized carbons (Fsp3) is 0.0656.